The number of alkyl halides is 1. The van der Waals surface area contributed by atoms with Crippen molar-refractivity contribution in [1.29, 1.82) is 0 Å². The molecule has 1 spiro atoms. The predicted octanol–water partition coefficient (Wildman–Crippen LogP) is 3.40. The summed E-state index contributed by atoms with van der Waals surface area (Å²) in [5, 5.41) is 0. The fourth-order valence-electron chi connectivity index (χ4n) is 6.10. The van der Waals surface area contributed by atoms with E-state index in [1.54, 1.807) is 38.1 Å². The number of allylic oxidation sites excluding steroid dienone is 2. The zero-order chi connectivity index (χ0) is 23.6. The number of benzene rings is 1. The lowest BCUT2D eigenvalue weighted by Gasteiger charge is -2.40. The first kappa shape index (κ1) is 22.1. The van der Waals surface area contributed by atoms with Gasteiger partial charge in [0, 0.05) is 11.3 Å². The van der Waals surface area contributed by atoms with E-state index in [0.29, 0.717) is 5.69 Å². The van der Waals surface area contributed by atoms with Crippen molar-refractivity contribution in [2.24, 2.45) is 22.7 Å². The molecule has 3 aliphatic carbocycles. The summed E-state index contributed by atoms with van der Waals surface area (Å²) in [5.41, 5.74) is -0.850. The minimum Gasteiger partial charge on any atom is -0.465 e. The molecule has 174 valence electrons. The van der Waals surface area contributed by atoms with Gasteiger partial charge in [-0.15, -0.1) is 11.6 Å². The van der Waals surface area contributed by atoms with Gasteiger partial charge in [-0.25, -0.2) is 4.90 Å². The van der Waals surface area contributed by atoms with Gasteiger partial charge in [-0.2, -0.15) is 0 Å². The lowest BCUT2D eigenvalue weighted by Crippen LogP contribution is -2.50. The Balaban J connectivity index is 1.62. The van der Waals surface area contributed by atoms with Gasteiger partial charge >= 0.3 is 11.9 Å². The van der Waals surface area contributed by atoms with Gasteiger partial charge in [0.15, 0.2) is 5.41 Å². The standard InChI is InChI=1S/C25H26ClNO6/c1-3-32-21(30)24(22(31)33-4-2)13-15-12-23(10-11-23)18-19(28)27(16-8-6-5-7-9-16)20(29)25(18,26)17(15)14-24/h5-9,12,17-18H,3-4,10-11,13-14H2,1-2H3/t17-,18+,25+/m1/s1. The molecule has 1 aromatic rings. The van der Waals surface area contributed by atoms with Gasteiger partial charge in [-0.1, -0.05) is 29.8 Å². The molecule has 33 heavy (non-hydrogen) atoms. The number of hydrogen-bond acceptors (Lipinski definition) is 6. The Kier molecular flexibility index (Phi) is 4.98. The molecule has 1 aromatic carbocycles. The first-order chi connectivity index (χ1) is 15.7. The maximum atomic E-state index is 13.8. The van der Waals surface area contributed by atoms with E-state index < -0.39 is 45.4 Å². The molecule has 1 saturated heterocycles. The molecule has 3 fully saturated rings. The monoisotopic (exact) mass is 471 g/mol. The van der Waals surface area contributed by atoms with Crippen LogP contribution in [0.1, 0.15) is 39.5 Å². The van der Waals surface area contributed by atoms with Crippen molar-refractivity contribution in [2.75, 3.05) is 18.1 Å². The van der Waals surface area contributed by atoms with Crippen molar-refractivity contribution in [2.45, 2.75) is 44.4 Å². The maximum absolute atomic E-state index is 13.8. The van der Waals surface area contributed by atoms with Crippen LogP contribution in [-0.4, -0.2) is 41.8 Å². The second-order valence-electron chi connectivity index (χ2n) is 9.42. The number of ether oxygens (including phenoxy) is 2. The molecule has 0 aromatic heterocycles. The van der Waals surface area contributed by atoms with E-state index in [4.69, 9.17) is 21.1 Å². The Morgan fingerprint density at radius 3 is 2.21 bits per heavy atom. The second-order valence-corrected chi connectivity index (χ2v) is 10.0. The van der Waals surface area contributed by atoms with Crippen LogP contribution in [0.4, 0.5) is 5.69 Å². The molecule has 2 amide bonds. The molecule has 5 rings (SSSR count). The minimum absolute atomic E-state index is 0.0196. The summed E-state index contributed by atoms with van der Waals surface area (Å²) in [6, 6.07) is 8.74. The van der Waals surface area contributed by atoms with Crippen LogP contribution in [0.5, 0.6) is 0 Å². The van der Waals surface area contributed by atoms with E-state index in [0.717, 1.165) is 18.4 Å². The van der Waals surface area contributed by atoms with Gasteiger partial charge in [0.25, 0.3) is 5.91 Å². The number of rotatable bonds is 5. The number of fused-ring (bicyclic) bond motifs is 4. The molecule has 0 unspecified atom stereocenters. The van der Waals surface area contributed by atoms with E-state index in [9.17, 15) is 19.2 Å². The van der Waals surface area contributed by atoms with Crippen molar-refractivity contribution < 1.29 is 28.7 Å². The quantitative estimate of drug-likeness (QED) is 0.215. The van der Waals surface area contributed by atoms with Gasteiger partial charge < -0.3 is 9.47 Å². The SMILES string of the molecule is CCOC(=O)C1(C(=O)OCC)CC2=CC3(CC3)[C@@H]3C(=O)N(c4ccccc4)C(=O)[C@]3(Cl)[C@@H]2C1. The van der Waals surface area contributed by atoms with Crippen LogP contribution in [0.25, 0.3) is 0 Å². The first-order valence-corrected chi connectivity index (χ1v) is 11.8. The summed E-state index contributed by atoms with van der Waals surface area (Å²) in [6.07, 6.45) is 3.55. The number of amides is 2. The fraction of sp³-hybridized carbons (Fsp3) is 0.520. The lowest BCUT2D eigenvalue weighted by molar-refractivity contribution is -0.172. The van der Waals surface area contributed by atoms with E-state index >= 15 is 0 Å². The van der Waals surface area contributed by atoms with Crippen LogP contribution in [0.2, 0.25) is 0 Å². The summed E-state index contributed by atoms with van der Waals surface area (Å²) in [4.78, 5) is 53.3. The Morgan fingerprint density at radius 1 is 1.06 bits per heavy atom. The van der Waals surface area contributed by atoms with Crippen molar-refractivity contribution in [1.82, 2.24) is 0 Å². The Morgan fingerprint density at radius 2 is 1.67 bits per heavy atom. The highest BCUT2D eigenvalue weighted by molar-refractivity contribution is 6.46. The van der Waals surface area contributed by atoms with Crippen molar-refractivity contribution in [3.05, 3.63) is 42.0 Å². The molecule has 0 bridgehead atoms. The van der Waals surface area contributed by atoms with Gasteiger partial charge in [0.2, 0.25) is 5.91 Å². The molecule has 4 aliphatic rings. The van der Waals surface area contributed by atoms with Crippen LogP contribution >= 0.6 is 11.6 Å². The number of halogens is 1. The molecule has 1 heterocycles. The Bertz CT molecular complexity index is 1060. The topological polar surface area (TPSA) is 90.0 Å². The number of carbonyl (C=O) groups excluding carboxylic acids is 4. The first-order valence-electron chi connectivity index (χ1n) is 11.4. The minimum atomic E-state index is -1.57. The number of imide groups is 1. The summed E-state index contributed by atoms with van der Waals surface area (Å²) >= 11 is 7.22. The van der Waals surface area contributed by atoms with Crippen LogP contribution in [0, 0.1) is 22.7 Å². The average Bonchev–Trinajstić information content (AvgIpc) is 3.36. The largest absolute Gasteiger partial charge is 0.465 e. The molecule has 2 saturated carbocycles. The highest BCUT2D eigenvalue weighted by Gasteiger charge is 2.76. The molecule has 8 heteroatoms. The van der Waals surface area contributed by atoms with Crippen molar-refractivity contribution >= 4 is 41.0 Å². The fourth-order valence-corrected chi connectivity index (χ4v) is 6.71. The number of carbonyl (C=O) groups is 4. The van der Waals surface area contributed by atoms with Gasteiger partial charge in [-0.05, 0) is 51.7 Å². The molecule has 7 nitrogen and oxygen atoms in total. The summed E-state index contributed by atoms with van der Waals surface area (Å²) in [7, 11) is 0. The molecule has 0 N–H and O–H groups in total. The highest BCUT2D eigenvalue weighted by Crippen LogP contribution is 2.70. The third kappa shape index (κ3) is 2.87. The van der Waals surface area contributed by atoms with Crippen molar-refractivity contribution in [3.8, 4) is 0 Å². The molecule has 0 radical (unpaired) electrons. The third-order valence-electron chi connectivity index (χ3n) is 7.65. The maximum Gasteiger partial charge on any atom is 0.323 e. The number of para-hydroxylation sites is 1. The van der Waals surface area contributed by atoms with E-state index in [1.165, 1.54) is 4.90 Å². The van der Waals surface area contributed by atoms with E-state index in [-0.39, 0.29) is 32.0 Å². The third-order valence-corrected chi connectivity index (χ3v) is 8.30. The van der Waals surface area contributed by atoms with Crippen LogP contribution in [0.3, 0.4) is 0 Å². The number of nitrogens with zero attached hydrogens (tertiary/aromatic N) is 1. The van der Waals surface area contributed by atoms with E-state index in [2.05, 4.69) is 0 Å². The molecule has 3 atom stereocenters. The number of esters is 2. The van der Waals surface area contributed by atoms with Crippen molar-refractivity contribution in [3.63, 3.8) is 0 Å². The second kappa shape index (κ2) is 7.42. The van der Waals surface area contributed by atoms with Crippen LogP contribution < -0.4 is 4.90 Å². The smallest absolute Gasteiger partial charge is 0.323 e. The van der Waals surface area contributed by atoms with Gasteiger partial charge in [-0.3, -0.25) is 19.2 Å². The molecular formula is C25H26ClNO6. The molecular weight excluding hydrogens is 446 g/mol. The zero-order valence-electron chi connectivity index (χ0n) is 18.6. The Hall–Kier alpha value is -2.67. The Labute approximate surface area is 197 Å². The van der Waals surface area contributed by atoms with Gasteiger partial charge in [0.1, 0.15) is 4.87 Å². The number of anilines is 1. The molecule has 1 aliphatic heterocycles. The average molecular weight is 472 g/mol. The summed E-state index contributed by atoms with van der Waals surface area (Å²) < 4.78 is 10.6. The van der Waals surface area contributed by atoms with Gasteiger partial charge in [0.05, 0.1) is 24.8 Å². The van der Waals surface area contributed by atoms with E-state index in [1.807, 2.05) is 12.1 Å². The van der Waals surface area contributed by atoms with Crippen LogP contribution in [-0.2, 0) is 28.7 Å². The predicted molar refractivity (Wildman–Crippen MR) is 119 cm³/mol. The zero-order valence-corrected chi connectivity index (χ0v) is 19.4. The highest BCUT2D eigenvalue weighted by atomic mass is 35.5. The lowest BCUT2D eigenvalue weighted by atomic mass is 9.66. The van der Waals surface area contributed by atoms with Crippen LogP contribution in [0.15, 0.2) is 42.0 Å². The normalized spacial score (nSPS) is 30.5. The summed E-state index contributed by atoms with van der Waals surface area (Å²) in [6.45, 7) is 3.57. The number of hydrogen-bond donors (Lipinski definition) is 0. The summed E-state index contributed by atoms with van der Waals surface area (Å²) in [5.74, 6) is -3.54.